The summed E-state index contributed by atoms with van der Waals surface area (Å²) < 4.78 is 97.0. The molecule has 2 unspecified atom stereocenters. The number of likely N-dealkylation sites (tertiary alicyclic amines) is 1. The van der Waals surface area contributed by atoms with E-state index in [9.17, 15) is 45.1 Å². The fraction of sp³-hybridized carbons (Fsp3) is 0.529. The molecule has 3 N–H and O–H groups in total. The molecule has 10 nitrogen and oxygen atoms in total. The number of benzene rings is 2. The Bertz CT molecular complexity index is 1690. The van der Waals surface area contributed by atoms with Crippen molar-refractivity contribution in [3.05, 3.63) is 77.0 Å². The molecular formula is C34H42F5N5O5S. The topological polar surface area (TPSA) is 122 Å². The number of allylic oxidation sites excluding steroid dienone is 1. The monoisotopic (exact) mass is 727 g/mol. The van der Waals surface area contributed by atoms with Gasteiger partial charge in [-0.05, 0) is 60.2 Å². The molecule has 0 radical (unpaired) electrons. The smallest absolute Gasteiger partial charge is 0.389 e. The zero-order valence-corrected chi connectivity index (χ0v) is 28.5. The van der Waals surface area contributed by atoms with Gasteiger partial charge in [0.05, 0.1) is 23.0 Å². The summed E-state index contributed by atoms with van der Waals surface area (Å²) in [5.41, 5.74) is 0.300. The van der Waals surface area contributed by atoms with Crippen molar-refractivity contribution >= 4 is 21.8 Å². The van der Waals surface area contributed by atoms with E-state index >= 15 is 0 Å². The number of aliphatic hydroxyl groups excluding tert-OH is 1. The lowest BCUT2D eigenvalue weighted by molar-refractivity contribution is -0.129. The Balaban J connectivity index is 1.33. The van der Waals surface area contributed by atoms with Crippen molar-refractivity contribution in [1.82, 2.24) is 24.7 Å². The number of piperazine rings is 1. The molecule has 2 aromatic rings. The first kappa shape index (κ1) is 37.7. The maximum atomic E-state index is 14.1. The minimum absolute atomic E-state index is 0.0174. The number of carbonyl (C=O) groups is 2. The van der Waals surface area contributed by atoms with Crippen LogP contribution < -0.4 is 10.6 Å². The van der Waals surface area contributed by atoms with E-state index in [1.165, 1.54) is 12.1 Å². The molecule has 2 saturated heterocycles. The maximum Gasteiger partial charge on any atom is 0.430 e. The molecule has 2 amide bonds. The molecular weight excluding hydrogens is 685 g/mol. The normalized spacial score (nSPS) is 21.5. The summed E-state index contributed by atoms with van der Waals surface area (Å²) in [6, 6.07) is 5.15. The Hall–Kier alpha value is -3.60. The van der Waals surface area contributed by atoms with E-state index in [4.69, 9.17) is 0 Å². The lowest BCUT2D eigenvalue weighted by Crippen LogP contribution is -2.62. The van der Waals surface area contributed by atoms with Gasteiger partial charge in [-0.25, -0.2) is 17.2 Å². The van der Waals surface area contributed by atoms with Crippen molar-refractivity contribution < 1.29 is 45.1 Å². The van der Waals surface area contributed by atoms with Crippen molar-refractivity contribution in [2.45, 2.75) is 74.8 Å². The van der Waals surface area contributed by atoms with Crippen LogP contribution >= 0.6 is 0 Å². The van der Waals surface area contributed by atoms with Gasteiger partial charge in [0.1, 0.15) is 17.3 Å². The van der Waals surface area contributed by atoms with Gasteiger partial charge in [-0.3, -0.25) is 9.59 Å². The number of carbonyl (C=O) groups excluding carboxylic acids is 2. The number of unbranched alkanes of at least 4 members (excludes halogenated alkanes) is 1. The molecule has 16 heteroatoms. The van der Waals surface area contributed by atoms with E-state index in [0.29, 0.717) is 18.2 Å². The molecule has 0 spiro atoms. The van der Waals surface area contributed by atoms with Crippen molar-refractivity contribution in [2.24, 2.45) is 5.92 Å². The average molecular weight is 728 g/mol. The SMILES string of the molecule is C=C(N1CCc2ccc(S(=O)(=O)N3CCN[C@@H]([C@@H](O)C(Cc4cc(F)cc(F)c4)NC(=O)C4CC(=O)N(CCCC)C4)C3)cc2C1)C(F)(F)F. The van der Waals surface area contributed by atoms with Crippen LogP contribution in [0.25, 0.3) is 0 Å². The molecule has 2 aromatic carbocycles. The van der Waals surface area contributed by atoms with Gasteiger partial charge < -0.3 is 25.5 Å². The minimum Gasteiger partial charge on any atom is -0.389 e. The van der Waals surface area contributed by atoms with Crippen LogP contribution in [0.2, 0.25) is 0 Å². The van der Waals surface area contributed by atoms with Gasteiger partial charge >= 0.3 is 6.18 Å². The second-order valence-corrected chi connectivity index (χ2v) is 15.1. The summed E-state index contributed by atoms with van der Waals surface area (Å²) in [6.45, 7) is 5.66. The molecule has 3 aliphatic rings. The number of nitrogens with zero attached hydrogens (tertiary/aromatic N) is 3. The van der Waals surface area contributed by atoms with Gasteiger partial charge in [0.25, 0.3) is 0 Å². The Morgan fingerprint density at radius 3 is 2.50 bits per heavy atom. The summed E-state index contributed by atoms with van der Waals surface area (Å²) >= 11 is 0. The third-order valence-electron chi connectivity index (χ3n) is 9.60. The number of aliphatic hydroxyl groups is 1. The number of fused-ring (bicyclic) bond motifs is 1. The van der Waals surface area contributed by atoms with E-state index in [2.05, 4.69) is 17.2 Å². The third-order valence-corrected chi connectivity index (χ3v) is 11.5. The number of hydrogen-bond donors (Lipinski definition) is 3. The molecule has 50 heavy (non-hydrogen) atoms. The van der Waals surface area contributed by atoms with E-state index in [1.54, 1.807) is 11.0 Å². The second kappa shape index (κ2) is 15.3. The number of halogens is 5. The summed E-state index contributed by atoms with van der Waals surface area (Å²) in [5, 5.41) is 17.5. The standard InChI is InChI=1S/C34H42F5N5O5S/c1-3-4-9-43-19-25(16-31(43)45)33(47)41-29(14-22-12-26(35)17-27(36)13-22)32(46)30-20-44(11-8-40-30)50(48,49)28-6-5-23-7-10-42(18-24(23)15-28)21(2)34(37,38)39/h5-6,12-13,15,17,25,29-30,32,40,46H,2-4,7-11,14,16,18-20H2,1H3,(H,41,47)/t25?,29?,30-,32+/m1/s1. The number of rotatable bonds is 12. The zero-order chi connectivity index (χ0) is 36.4. The average Bonchev–Trinajstić information content (AvgIpc) is 3.45. The van der Waals surface area contributed by atoms with E-state index in [-0.39, 0.29) is 74.9 Å². The van der Waals surface area contributed by atoms with Gasteiger partial charge in [-0.15, -0.1) is 0 Å². The van der Waals surface area contributed by atoms with Crippen molar-refractivity contribution in [3.63, 3.8) is 0 Å². The van der Waals surface area contributed by atoms with Crippen LogP contribution in [-0.4, -0.2) is 103 Å². The fourth-order valence-corrected chi connectivity index (χ4v) is 8.30. The minimum atomic E-state index is -4.62. The molecule has 2 fully saturated rings. The van der Waals surface area contributed by atoms with Crippen molar-refractivity contribution in [1.29, 1.82) is 0 Å². The first-order chi connectivity index (χ1) is 23.6. The largest absolute Gasteiger partial charge is 0.430 e. The van der Waals surface area contributed by atoms with Crippen LogP contribution in [0.3, 0.4) is 0 Å². The van der Waals surface area contributed by atoms with Gasteiger partial charge in [0, 0.05) is 64.3 Å². The predicted octanol–water partition coefficient (Wildman–Crippen LogP) is 3.10. The van der Waals surface area contributed by atoms with E-state index in [0.717, 1.165) is 39.7 Å². The highest BCUT2D eigenvalue weighted by atomic mass is 32.2. The van der Waals surface area contributed by atoms with Crippen LogP contribution in [-0.2, 0) is 39.0 Å². The number of nitrogens with one attached hydrogen (secondary N) is 2. The summed E-state index contributed by atoms with van der Waals surface area (Å²) in [7, 11) is -4.19. The Morgan fingerprint density at radius 2 is 1.82 bits per heavy atom. The van der Waals surface area contributed by atoms with Crippen LogP contribution in [0.4, 0.5) is 22.0 Å². The Labute approximate surface area is 288 Å². The number of hydrogen-bond acceptors (Lipinski definition) is 7. The van der Waals surface area contributed by atoms with E-state index in [1.807, 2.05) is 6.92 Å². The van der Waals surface area contributed by atoms with Gasteiger partial charge in [0.2, 0.25) is 21.8 Å². The van der Waals surface area contributed by atoms with Crippen molar-refractivity contribution in [2.75, 3.05) is 39.3 Å². The predicted molar refractivity (Wildman–Crippen MR) is 174 cm³/mol. The molecule has 3 aliphatic heterocycles. The lowest BCUT2D eigenvalue weighted by atomic mass is 9.94. The van der Waals surface area contributed by atoms with Crippen LogP contribution in [0.5, 0.6) is 0 Å². The maximum absolute atomic E-state index is 14.1. The highest BCUT2D eigenvalue weighted by molar-refractivity contribution is 7.89. The Kier molecular flexibility index (Phi) is 11.5. The van der Waals surface area contributed by atoms with Crippen LogP contribution in [0.1, 0.15) is 42.9 Å². The number of sulfonamides is 1. The molecule has 0 bridgehead atoms. The summed E-state index contributed by atoms with van der Waals surface area (Å²) in [5.74, 6) is -3.09. The first-order valence-corrected chi connectivity index (χ1v) is 18.1. The van der Waals surface area contributed by atoms with Crippen LogP contribution in [0.15, 0.2) is 53.6 Å². The number of amides is 2. The van der Waals surface area contributed by atoms with Gasteiger partial charge in [-0.1, -0.05) is 26.0 Å². The molecule has 3 heterocycles. The molecule has 0 aromatic heterocycles. The number of alkyl halides is 3. The van der Waals surface area contributed by atoms with Gasteiger partial charge in [-0.2, -0.15) is 17.5 Å². The zero-order valence-electron chi connectivity index (χ0n) is 27.7. The summed E-state index contributed by atoms with van der Waals surface area (Å²) in [4.78, 5) is 28.5. The lowest BCUT2D eigenvalue weighted by Gasteiger charge is -2.38. The van der Waals surface area contributed by atoms with Crippen molar-refractivity contribution in [3.8, 4) is 0 Å². The molecule has 5 rings (SSSR count). The van der Waals surface area contributed by atoms with Gasteiger partial charge in [0.15, 0.2) is 0 Å². The molecule has 4 atom stereocenters. The first-order valence-electron chi connectivity index (χ1n) is 16.6. The molecule has 0 saturated carbocycles. The Morgan fingerprint density at radius 1 is 1.10 bits per heavy atom. The highest BCUT2D eigenvalue weighted by Gasteiger charge is 2.40. The fourth-order valence-electron chi connectivity index (χ4n) is 6.78. The quantitative estimate of drug-likeness (QED) is 0.288. The van der Waals surface area contributed by atoms with E-state index < -0.39 is 63.5 Å². The van der Waals surface area contributed by atoms with Crippen LogP contribution in [0, 0.1) is 17.6 Å². The highest BCUT2D eigenvalue weighted by Crippen LogP contribution is 2.32. The molecule has 274 valence electrons. The second-order valence-electron chi connectivity index (χ2n) is 13.2. The molecule has 0 aliphatic carbocycles. The third kappa shape index (κ3) is 8.64. The summed E-state index contributed by atoms with van der Waals surface area (Å²) in [6.07, 6.45) is -4.37.